The average molecular weight is 116 g/mol. The maximum atomic E-state index is 8.88. The first-order valence-corrected chi connectivity index (χ1v) is 2.35. The molecular weight excluding hydrogens is 111 g/mol. The van der Waals surface area contributed by atoms with Crippen LogP contribution < -0.4 is 0 Å². The summed E-state index contributed by atoms with van der Waals surface area (Å²) in [6, 6.07) is 0. The first-order chi connectivity index (χ1) is 2.00. The largest absolute Gasteiger partial charge is 0.466 e. The van der Waals surface area contributed by atoms with Crippen molar-refractivity contribution in [2.75, 3.05) is 0 Å². The van der Waals surface area contributed by atoms with Gasteiger partial charge < -0.3 is 20.2 Å². The lowest BCUT2D eigenvalue weighted by Gasteiger charge is -1.82. The molecule has 0 atom stereocenters. The smallest absolute Gasteiger partial charge is 0.412 e. The predicted octanol–water partition coefficient (Wildman–Crippen LogP) is -1.75. The molecule has 0 aliphatic rings. The van der Waals surface area contributed by atoms with Crippen LogP contribution in [0.15, 0.2) is 0 Å². The summed E-state index contributed by atoms with van der Waals surface area (Å²) >= 11 is 0. The Balaban J connectivity index is 0. The third kappa shape index (κ3) is 7830. The van der Waals surface area contributed by atoms with Crippen molar-refractivity contribution >= 4 is 7.82 Å². The van der Waals surface area contributed by atoms with Crippen LogP contribution in [0.5, 0.6) is 0 Å². The standard InChI is InChI=1S/H3O4P.H2O/c1-5(2,3)4;/h(H3,1,2,3,4);1H2. The Kier molecular flexibility index (Phi) is 3.58. The molecule has 0 aliphatic heterocycles. The molecule has 0 fully saturated rings. The van der Waals surface area contributed by atoms with Crippen LogP contribution in [0.2, 0.25) is 0 Å². The summed E-state index contributed by atoms with van der Waals surface area (Å²) in [6.07, 6.45) is 0. The molecule has 6 heavy (non-hydrogen) atoms. The third-order valence-corrected chi connectivity index (χ3v) is 0. The number of phosphoric acid groups is 1. The molecule has 0 saturated carbocycles. The molecule has 0 aromatic carbocycles. The number of hydrogen-bond acceptors (Lipinski definition) is 1. The average Bonchev–Trinajstić information content (AvgIpc) is 0.722. The minimum Gasteiger partial charge on any atom is -0.412 e. The zero-order valence-corrected chi connectivity index (χ0v) is 3.59. The van der Waals surface area contributed by atoms with Gasteiger partial charge >= 0.3 is 7.82 Å². The summed E-state index contributed by atoms with van der Waals surface area (Å²) in [7, 11) is -4.64. The van der Waals surface area contributed by atoms with E-state index < -0.39 is 7.82 Å². The Bertz CT molecular complexity index is 50.1. The Labute approximate surface area is 33.8 Å². The minimum absolute atomic E-state index is 0. The van der Waals surface area contributed by atoms with Crippen molar-refractivity contribution in [2.45, 2.75) is 0 Å². The minimum atomic E-state index is -4.64. The quantitative estimate of drug-likeness (QED) is 0.326. The molecule has 0 saturated heterocycles. The van der Waals surface area contributed by atoms with Crippen LogP contribution in [-0.2, 0) is 4.57 Å². The molecular formula is H5O5P. The molecule has 0 aliphatic carbocycles. The monoisotopic (exact) mass is 116 g/mol. The van der Waals surface area contributed by atoms with Crippen molar-refractivity contribution in [1.29, 1.82) is 0 Å². The predicted molar refractivity (Wildman–Crippen MR) is 17.9 cm³/mol. The molecule has 6 heteroatoms. The van der Waals surface area contributed by atoms with Gasteiger partial charge in [0.1, 0.15) is 0 Å². The summed E-state index contributed by atoms with van der Waals surface area (Å²) in [5.41, 5.74) is 0. The molecule has 0 heterocycles. The molecule has 0 unspecified atom stereocenters. The fourth-order valence-electron chi connectivity index (χ4n) is 0. The SMILES string of the molecule is O.O=P(O)(O)O. The zero-order chi connectivity index (χ0) is 4.50. The van der Waals surface area contributed by atoms with Gasteiger partial charge in [-0.05, 0) is 0 Å². The van der Waals surface area contributed by atoms with Crippen molar-refractivity contribution in [1.82, 2.24) is 0 Å². The molecule has 0 amide bonds. The first-order valence-electron chi connectivity index (χ1n) is 0.783. The van der Waals surface area contributed by atoms with Gasteiger partial charge in [0.15, 0.2) is 0 Å². The molecule has 0 aromatic heterocycles. The molecule has 5 N–H and O–H groups in total. The second-order valence-electron chi connectivity index (χ2n) is 0.513. The van der Waals surface area contributed by atoms with Gasteiger partial charge in [0.05, 0.1) is 0 Å². The van der Waals surface area contributed by atoms with E-state index in [1.807, 2.05) is 0 Å². The second-order valence-corrected chi connectivity index (χ2v) is 1.54. The summed E-state index contributed by atoms with van der Waals surface area (Å²) in [6.45, 7) is 0. The van der Waals surface area contributed by atoms with Crippen LogP contribution in [-0.4, -0.2) is 20.2 Å². The Hall–Kier alpha value is 0.0700. The van der Waals surface area contributed by atoms with E-state index in [1.54, 1.807) is 0 Å². The van der Waals surface area contributed by atoms with Crippen molar-refractivity contribution in [2.24, 2.45) is 0 Å². The molecule has 0 rings (SSSR count). The van der Waals surface area contributed by atoms with E-state index in [-0.39, 0.29) is 5.48 Å². The van der Waals surface area contributed by atoms with E-state index in [4.69, 9.17) is 19.2 Å². The van der Waals surface area contributed by atoms with Crippen molar-refractivity contribution < 1.29 is 24.7 Å². The van der Waals surface area contributed by atoms with Gasteiger partial charge in [0.25, 0.3) is 0 Å². The molecule has 0 aromatic rings. The lowest BCUT2D eigenvalue weighted by molar-refractivity contribution is 0.275. The maximum Gasteiger partial charge on any atom is 0.466 e. The summed E-state index contributed by atoms with van der Waals surface area (Å²) in [5.74, 6) is 0. The number of hydrogen-bond donors (Lipinski definition) is 3. The molecule has 0 radical (unpaired) electrons. The van der Waals surface area contributed by atoms with Crippen molar-refractivity contribution in [3.63, 3.8) is 0 Å². The van der Waals surface area contributed by atoms with Gasteiger partial charge in [-0.15, -0.1) is 0 Å². The van der Waals surface area contributed by atoms with Gasteiger partial charge in [-0.1, -0.05) is 0 Å². The van der Waals surface area contributed by atoms with Crippen LogP contribution in [0.4, 0.5) is 0 Å². The fourth-order valence-corrected chi connectivity index (χ4v) is 0. The second kappa shape index (κ2) is 2.28. The van der Waals surface area contributed by atoms with Gasteiger partial charge in [0, 0.05) is 0 Å². The Morgan fingerprint density at radius 1 is 1.17 bits per heavy atom. The highest BCUT2D eigenvalue weighted by Gasteiger charge is 2.00. The maximum absolute atomic E-state index is 8.88. The van der Waals surface area contributed by atoms with Crippen LogP contribution in [0.1, 0.15) is 0 Å². The van der Waals surface area contributed by atoms with Gasteiger partial charge in [0.2, 0.25) is 0 Å². The van der Waals surface area contributed by atoms with E-state index in [2.05, 4.69) is 0 Å². The molecule has 5 nitrogen and oxygen atoms in total. The zero-order valence-electron chi connectivity index (χ0n) is 2.70. The fraction of sp³-hybridized carbons (Fsp3) is 0. The summed E-state index contributed by atoms with van der Waals surface area (Å²) in [4.78, 5) is 21.6. The lowest BCUT2D eigenvalue weighted by atomic mass is 15.8. The first kappa shape index (κ1) is 9.42. The van der Waals surface area contributed by atoms with Gasteiger partial charge in [-0.2, -0.15) is 0 Å². The van der Waals surface area contributed by atoms with E-state index >= 15 is 0 Å². The topological polar surface area (TPSA) is 109 Å². The normalized spacial score (nSPS) is 9.83. The third-order valence-electron chi connectivity index (χ3n) is 0. The number of rotatable bonds is 0. The highest BCUT2D eigenvalue weighted by atomic mass is 31.2. The molecule has 40 valence electrons. The van der Waals surface area contributed by atoms with E-state index in [9.17, 15) is 0 Å². The summed E-state index contributed by atoms with van der Waals surface area (Å²) in [5, 5.41) is 0. The van der Waals surface area contributed by atoms with Crippen LogP contribution in [0, 0.1) is 0 Å². The summed E-state index contributed by atoms with van der Waals surface area (Å²) < 4.78 is 8.88. The van der Waals surface area contributed by atoms with Crippen LogP contribution >= 0.6 is 7.82 Å². The Morgan fingerprint density at radius 2 is 1.17 bits per heavy atom. The molecule has 0 bridgehead atoms. The Morgan fingerprint density at radius 3 is 1.17 bits per heavy atom. The van der Waals surface area contributed by atoms with Crippen molar-refractivity contribution in [3.8, 4) is 0 Å². The van der Waals surface area contributed by atoms with E-state index in [0.29, 0.717) is 0 Å². The highest BCUT2D eigenvalue weighted by Crippen LogP contribution is 2.25. The van der Waals surface area contributed by atoms with E-state index in [1.165, 1.54) is 0 Å². The van der Waals surface area contributed by atoms with E-state index in [0.717, 1.165) is 0 Å². The van der Waals surface area contributed by atoms with Gasteiger partial charge in [-0.25, -0.2) is 4.57 Å². The lowest BCUT2D eigenvalue weighted by Crippen LogP contribution is -1.66. The van der Waals surface area contributed by atoms with Crippen molar-refractivity contribution in [3.05, 3.63) is 0 Å². The highest BCUT2D eigenvalue weighted by molar-refractivity contribution is 7.45. The van der Waals surface area contributed by atoms with Crippen LogP contribution in [0.3, 0.4) is 0 Å². The van der Waals surface area contributed by atoms with Gasteiger partial charge in [-0.3, -0.25) is 0 Å². The van der Waals surface area contributed by atoms with Crippen LogP contribution in [0.25, 0.3) is 0 Å². The molecule has 0 spiro atoms.